The quantitative estimate of drug-likeness (QED) is 0.842. The molecule has 114 valence electrons. The highest BCUT2D eigenvalue weighted by Gasteiger charge is 2.26. The third kappa shape index (κ3) is 3.40. The fourth-order valence-corrected chi connectivity index (χ4v) is 3.29. The van der Waals surface area contributed by atoms with Gasteiger partial charge in [-0.05, 0) is 31.0 Å². The highest BCUT2D eigenvalue weighted by Crippen LogP contribution is 2.25. The van der Waals surface area contributed by atoms with Gasteiger partial charge < -0.3 is 4.90 Å². The molecule has 2 heteroatoms. The molecule has 3 rings (SSSR count). The van der Waals surface area contributed by atoms with E-state index >= 15 is 0 Å². The van der Waals surface area contributed by atoms with E-state index in [0.29, 0.717) is 6.04 Å². The van der Waals surface area contributed by atoms with E-state index in [1.165, 1.54) is 16.9 Å². The van der Waals surface area contributed by atoms with E-state index in [9.17, 15) is 0 Å². The van der Waals surface area contributed by atoms with Gasteiger partial charge in [-0.3, -0.25) is 4.90 Å². The monoisotopic (exact) mass is 292 g/mol. The third-order valence-electron chi connectivity index (χ3n) is 4.30. The van der Waals surface area contributed by atoms with Crippen LogP contribution in [0.15, 0.2) is 72.9 Å². The topological polar surface area (TPSA) is 6.48 Å². The summed E-state index contributed by atoms with van der Waals surface area (Å²) in [5.41, 5.74) is 3.85. The summed E-state index contributed by atoms with van der Waals surface area (Å²) in [6.07, 6.45) is 1.10. The molecule has 0 N–H and O–H groups in total. The highest BCUT2D eigenvalue weighted by atomic mass is 15.3. The lowest BCUT2D eigenvalue weighted by atomic mass is 10.1. The Morgan fingerprint density at radius 1 is 1.00 bits per heavy atom. The summed E-state index contributed by atoms with van der Waals surface area (Å²) in [5, 5.41) is 0. The van der Waals surface area contributed by atoms with Crippen molar-refractivity contribution in [3.63, 3.8) is 0 Å². The van der Waals surface area contributed by atoms with Gasteiger partial charge in [0.1, 0.15) is 0 Å². The molecule has 0 bridgehead atoms. The van der Waals surface area contributed by atoms with E-state index in [1.807, 2.05) is 0 Å². The minimum atomic E-state index is 0.458. The molecule has 0 amide bonds. The first-order valence-electron chi connectivity index (χ1n) is 8.02. The molecule has 0 radical (unpaired) electrons. The van der Waals surface area contributed by atoms with E-state index in [2.05, 4.69) is 84.0 Å². The standard InChI is InChI=1S/C20H24N2/c1-17-15-21(14-13-19-9-5-3-6-10-19)16-18(2)22(17)20-11-7-4-8-12-20/h3-12,18H,1,13-16H2,2H3. The minimum Gasteiger partial charge on any atom is -0.340 e. The Hall–Kier alpha value is -2.06. The van der Waals surface area contributed by atoms with Gasteiger partial charge >= 0.3 is 0 Å². The van der Waals surface area contributed by atoms with Crippen LogP contribution in [0, 0.1) is 0 Å². The SMILES string of the molecule is C=C1CN(CCc2ccccc2)CC(C)N1c1ccccc1. The normalized spacial score (nSPS) is 19.4. The Morgan fingerprint density at radius 3 is 2.27 bits per heavy atom. The lowest BCUT2D eigenvalue weighted by molar-refractivity contribution is 0.254. The molecule has 2 aromatic rings. The predicted octanol–water partition coefficient (Wildman–Crippen LogP) is 3.95. The van der Waals surface area contributed by atoms with Crippen LogP contribution in [0.5, 0.6) is 0 Å². The Balaban J connectivity index is 1.62. The van der Waals surface area contributed by atoms with Gasteiger partial charge in [0.25, 0.3) is 0 Å². The Kier molecular flexibility index (Phi) is 4.59. The Bertz CT molecular complexity index is 606. The summed E-state index contributed by atoms with van der Waals surface area (Å²) in [5.74, 6) is 0. The molecule has 2 nitrogen and oxygen atoms in total. The molecule has 0 aliphatic carbocycles. The summed E-state index contributed by atoms with van der Waals surface area (Å²) < 4.78 is 0. The zero-order valence-corrected chi connectivity index (χ0v) is 13.3. The second-order valence-electron chi connectivity index (χ2n) is 6.09. The average molecular weight is 292 g/mol. The van der Waals surface area contributed by atoms with Gasteiger partial charge in [-0.1, -0.05) is 55.1 Å². The molecule has 1 aliphatic heterocycles. The fourth-order valence-electron chi connectivity index (χ4n) is 3.29. The van der Waals surface area contributed by atoms with Crippen molar-refractivity contribution < 1.29 is 0 Å². The van der Waals surface area contributed by atoms with Crippen LogP contribution in [-0.4, -0.2) is 30.6 Å². The van der Waals surface area contributed by atoms with Crippen LogP contribution in [0.25, 0.3) is 0 Å². The zero-order chi connectivity index (χ0) is 15.4. The number of anilines is 1. The molecule has 0 saturated carbocycles. The number of para-hydroxylation sites is 1. The number of hydrogen-bond donors (Lipinski definition) is 0. The summed E-state index contributed by atoms with van der Waals surface area (Å²) >= 11 is 0. The van der Waals surface area contributed by atoms with Crippen LogP contribution < -0.4 is 4.90 Å². The van der Waals surface area contributed by atoms with E-state index in [1.54, 1.807) is 0 Å². The van der Waals surface area contributed by atoms with E-state index < -0.39 is 0 Å². The van der Waals surface area contributed by atoms with Crippen LogP contribution in [0.1, 0.15) is 12.5 Å². The molecular weight excluding hydrogens is 268 g/mol. The third-order valence-corrected chi connectivity index (χ3v) is 4.30. The summed E-state index contributed by atoms with van der Waals surface area (Å²) in [4.78, 5) is 4.89. The molecule has 1 saturated heterocycles. The molecule has 2 aromatic carbocycles. The van der Waals surface area contributed by atoms with Gasteiger partial charge in [0.05, 0.1) is 0 Å². The van der Waals surface area contributed by atoms with Crippen molar-refractivity contribution in [1.29, 1.82) is 0 Å². The summed E-state index contributed by atoms with van der Waals surface area (Å²) in [6.45, 7) is 9.72. The first kappa shape index (κ1) is 14.9. The maximum Gasteiger partial charge on any atom is 0.0438 e. The van der Waals surface area contributed by atoms with Crippen molar-refractivity contribution >= 4 is 5.69 Å². The number of hydrogen-bond acceptors (Lipinski definition) is 2. The second kappa shape index (κ2) is 6.80. The maximum atomic E-state index is 4.31. The first-order chi connectivity index (χ1) is 10.7. The Morgan fingerprint density at radius 2 is 1.64 bits per heavy atom. The van der Waals surface area contributed by atoms with E-state index in [0.717, 1.165) is 26.1 Å². The van der Waals surface area contributed by atoms with Crippen molar-refractivity contribution in [3.8, 4) is 0 Å². The van der Waals surface area contributed by atoms with Crippen molar-refractivity contribution in [2.75, 3.05) is 24.5 Å². The van der Waals surface area contributed by atoms with Crippen LogP contribution in [0.3, 0.4) is 0 Å². The van der Waals surface area contributed by atoms with Crippen LogP contribution in [-0.2, 0) is 6.42 Å². The molecule has 1 atom stereocenters. The van der Waals surface area contributed by atoms with Crippen molar-refractivity contribution in [1.82, 2.24) is 4.90 Å². The average Bonchev–Trinajstić information content (AvgIpc) is 2.54. The first-order valence-corrected chi connectivity index (χ1v) is 8.02. The van der Waals surface area contributed by atoms with Crippen molar-refractivity contribution in [2.45, 2.75) is 19.4 Å². The molecule has 22 heavy (non-hydrogen) atoms. The maximum absolute atomic E-state index is 4.31. The zero-order valence-electron chi connectivity index (χ0n) is 13.3. The van der Waals surface area contributed by atoms with Crippen molar-refractivity contribution in [2.24, 2.45) is 0 Å². The lowest BCUT2D eigenvalue weighted by Gasteiger charge is -2.42. The molecular formula is C20H24N2. The summed E-state index contributed by atoms with van der Waals surface area (Å²) in [6, 6.07) is 21.8. The highest BCUT2D eigenvalue weighted by molar-refractivity contribution is 5.53. The molecule has 1 fully saturated rings. The van der Waals surface area contributed by atoms with Gasteiger partial charge in [0, 0.05) is 37.1 Å². The lowest BCUT2D eigenvalue weighted by Crippen LogP contribution is -2.50. The van der Waals surface area contributed by atoms with Crippen LogP contribution in [0.4, 0.5) is 5.69 Å². The second-order valence-corrected chi connectivity index (χ2v) is 6.09. The minimum absolute atomic E-state index is 0.458. The predicted molar refractivity (Wildman–Crippen MR) is 94.1 cm³/mol. The summed E-state index contributed by atoms with van der Waals surface area (Å²) in [7, 11) is 0. The van der Waals surface area contributed by atoms with E-state index in [-0.39, 0.29) is 0 Å². The number of rotatable bonds is 4. The van der Waals surface area contributed by atoms with Crippen LogP contribution >= 0.6 is 0 Å². The molecule has 1 aliphatic rings. The number of benzene rings is 2. The van der Waals surface area contributed by atoms with E-state index in [4.69, 9.17) is 0 Å². The number of nitrogens with zero attached hydrogens (tertiary/aromatic N) is 2. The van der Waals surface area contributed by atoms with Gasteiger partial charge in [-0.15, -0.1) is 0 Å². The molecule has 1 heterocycles. The van der Waals surface area contributed by atoms with Crippen molar-refractivity contribution in [3.05, 3.63) is 78.5 Å². The van der Waals surface area contributed by atoms with Gasteiger partial charge in [-0.25, -0.2) is 0 Å². The van der Waals surface area contributed by atoms with Gasteiger partial charge in [0.2, 0.25) is 0 Å². The number of piperazine rings is 1. The fraction of sp³-hybridized carbons (Fsp3) is 0.300. The molecule has 0 spiro atoms. The van der Waals surface area contributed by atoms with Crippen LogP contribution in [0.2, 0.25) is 0 Å². The Labute approximate surface area is 133 Å². The largest absolute Gasteiger partial charge is 0.340 e. The van der Waals surface area contributed by atoms with Gasteiger partial charge in [-0.2, -0.15) is 0 Å². The molecule has 1 unspecified atom stereocenters. The molecule has 0 aromatic heterocycles. The van der Waals surface area contributed by atoms with Gasteiger partial charge in [0.15, 0.2) is 0 Å². The smallest absolute Gasteiger partial charge is 0.0438 e.